The van der Waals surface area contributed by atoms with Gasteiger partial charge >= 0.3 is 0 Å². The molecule has 3 aromatic rings. The number of aromatic amines is 1. The molecule has 51 heavy (non-hydrogen) atoms. The van der Waals surface area contributed by atoms with Gasteiger partial charge in [-0.2, -0.15) is 0 Å². The van der Waals surface area contributed by atoms with Crippen molar-refractivity contribution in [2.45, 2.75) is 45.4 Å². The Morgan fingerprint density at radius 2 is 1.84 bits per heavy atom. The van der Waals surface area contributed by atoms with Crippen LogP contribution in [0.1, 0.15) is 54.1 Å². The maximum absolute atomic E-state index is 13.6. The first-order chi connectivity index (χ1) is 24.6. The van der Waals surface area contributed by atoms with Crippen molar-refractivity contribution in [3.05, 3.63) is 88.1 Å². The Hall–Kier alpha value is -4.90. The van der Waals surface area contributed by atoms with Gasteiger partial charge in [0.2, 0.25) is 23.6 Å². The molecule has 3 unspecified atom stereocenters. The lowest BCUT2D eigenvalue weighted by molar-refractivity contribution is -0.139. The molecule has 1 aliphatic carbocycles. The molecule has 0 radical (unpaired) electrons. The van der Waals surface area contributed by atoms with E-state index in [1.165, 1.54) is 32.7 Å². The van der Waals surface area contributed by atoms with E-state index in [0.29, 0.717) is 35.9 Å². The number of allylic oxidation sites excluding steroid dienone is 4. The summed E-state index contributed by atoms with van der Waals surface area (Å²) < 4.78 is 0. The van der Waals surface area contributed by atoms with E-state index >= 15 is 0 Å². The number of likely N-dealkylation sites (tertiary alicyclic amines) is 2. The molecule has 4 aliphatic rings. The second-order valence-electron chi connectivity index (χ2n) is 13.7. The van der Waals surface area contributed by atoms with Crippen molar-refractivity contribution in [3.8, 4) is 0 Å². The third-order valence-electron chi connectivity index (χ3n) is 10.3. The third-order valence-corrected chi connectivity index (χ3v) is 10.5. The number of H-pyrrole nitrogens is 1. The van der Waals surface area contributed by atoms with Crippen LogP contribution in [-0.4, -0.2) is 84.1 Å². The maximum Gasteiger partial charge on any atom is 0.253 e. The SMILES string of the molecule is CCCC1=CC=CCC1.CNC(=O)CNC(=O)C1CN(C(=O)Cc2c[nH]c3cc(Cl)ccc23)CC2CN(C(=O)c3ccc4c(c3)CC(=O)N4)CC21. The van der Waals surface area contributed by atoms with Gasteiger partial charge in [-0.3, -0.25) is 24.0 Å². The Bertz CT molecular complexity index is 1900. The molecule has 0 spiro atoms. The number of fused-ring (bicyclic) bond motifs is 3. The quantitative estimate of drug-likeness (QED) is 0.269. The molecule has 3 aliphatic heterocycles. The van der Waals surface area contributed by atoms with Crippen LogP contribution < -0.4 is 16.0 Å². The lowest BCUT2D eigenvalue weighted by atomic mass is 9.79. The molecule has 4 N–H and O–H groups in total. The van der Waals surface area contributed by atoms with Gasteiger partial charge in [0.05, 0.1) is 25.3 Å². The highest BCUT2D eigenvalue weighted by atomic mass is 35.5. The molecule has 3 atom stereocenters. The molecule has 0 bridgehead atoms. The van der Waals surface area contributed by atoms with Crippen molar-refractivity contribution in [1.29, 1.82) is 0 Å². The largest absolute Gasteiger partial charge is 0.361 e. The van der Waals surface area contributed by atoms with E-state index < -0.39 is 5.92 Å². The first-order valence-electron chi connectivity index (χ1n) is 17.7. The molecule has 268 valence electrons. The number of piperidine rings is 1. The number of nitrogens with zero attached hydrogens (tertiary/aromatic N) is 2. The summed E-state index contributed by atoms with van der Waals surface area (Å²) in [6, 6.07) is 10.7. The maximum atomic E-state index is 13.6. The van der Waals surface area contributed by atoms with E-state index in [1.54, 1.807) is 45.8 Å². The van der Waals surface area contributed by atoms with Crippen LogP contribution in [0.4, 0.5) is 5.69 Å². The zero-order chi connectivity index (χ0) is 36.1. The standard InChI is InChI=1S/C30H31ClN6O5.C9H14/c1-32-27(39)11-34-29(41)23-15-36(28(40)8-18-10-33-25-9-20(31)3-4-21(18)25)12-19-13-37(14-22(19)23)30(42)16-2-5-24-17(6-16)7-26(38)35-24;1-2-6-9-7-4-3-5-8-9/h2-6,9-10,19,22-23,33H,7-8,11-15H2,1H3,(H,32,39)(H,34,41)(H,35,38);3-4,7H,2,5-6,8H2,1H3. The van der Waals surface area contributed by atoms with Crippen LogP contribution in [-0.2, 0) is 32.0 Å². The fourth-order valence-corrected chi connectivity index (χ4v) is 7.79. The van der Waals surface area contributed by atoms with Gasteiger partial charge in [-0.05, 0) is 72.6 Å². The Balaban J connectivity index is 0.000000435. The molecule has 11 nitrogen and oxygen atoms in total. The number of carbonyl (C=O) groups is 5. The molecular weight excluding hydrogens is 668 g/mol. The summed E-state index contributed by atoms with van der Waals surface area (Å²) in [6.45, 7) is 3.44. The Morgan fingerprint density at radius 1 is 1.02 bits per heavy atom. The zero-order valence-electron chi connectivity index (χ0n) is 29.1. The van der Waals surface area contributed by atoms with Gasteiger partial charge in [0.25, 0.3) is 5.91 Å². The van der Waals surface area contributed by atoms with Gasteiger partial charge in [-0.25, -0.2) is 0 Å². The minimum Gasteiger partial charge on any atom is -0.361 e. The Morgan fingerprint density at radius 3 is 2.61 bits per heavy atom. The smallest absolute Gasteiger partial charge is 0.253 e. The monoisotopic (exact) mass is 712 g/mol. The van der Waals surface area contributed by atoms with E-state index in [-0.39, 0.29) is 67.3 Å². The number of carbonyl (C=O) groups excluding carboxylic acids is 5. The fraction of sp³-hybridized carbons (Fsp3) is 0.410. The van der Waals surface area contributed by atoms with Crippen molar-refractivity contribution in [1.82, 2.24) is 25.4 Å². The van der Waals surface area contributed by atoms with Gasteiger partial charge in [0.15, 0.2) is 0 Å². The highest BCUT2D eigenvalue weighted by Gasteiger charge is 2.48. The summed E-state index contributed by atoms with van der Waals surface area (Å²) >= 11 is 6.11. The van der Waals surface area contributed by atoms with Gasteiger partial charge < -0.3 is 30.7 Å². The Kier molecular flexibility index (Phi) is 11.2. The highest BCUT2D eigenvalue weighted by molar-refractivity contribution is 6.31. The van der Waals surface area contributed by atoms with Crippen LogP contribution in [0, 0.1) is 17.8 Å². The first-order valence-corrected chi connectivity index (χ1v) is 18.1. The van der Waals surface area contributed by atoms with Crippen LogP contribution in [0.3, 0.4) is 0 Å². The van der Waals surface area contributed by atoms with Crippen LogP contribution >= 0.6 is 11.6 Å². The van der Waals surface area contributed by atoms with E-state index in [1.807, 2.05) is 12.1 Å². The van der Waals surface area contributed by atoms with E-state index in [4.69, 9.17) is 11.6 Å². The second kappa shape index (κ2) is 16.0. The number of aromatic nitrogens is 1. The van der Waals surface area contributed by atoms with Crippen LogP contribution in [0.25, 0.3) is 10.9 Å². The molecule has 5 amide bonds. The predicted molar refractivity (Wildman–Crippen MR) is 197 cm³/mol. The van der Waals surface area contributed by atoms with Crippen molar-refractivity contribution in [2.75, 3.05) is 45.1 Å². The topological polar surface area (TPSA) is 144 Å². The molecule has 2 saturated heterocycles. The lowest BCUT2D eigenvalue weighted by Crippen LogP contribution is -2.54. The van der Waals surface area contributed by atoms with Crippen molar-refractivity contribution in [3.63, 3.8) is 0 Å². The molecule has 4 heterocycles. The van der Waals surface area contributed by atoms with Crippen molar-refractivity contribution < 1.29 is 24.0 Å². The molecule has 0 saturated carbocycles. The van der Waals surface area contributed by atoms with Crippen LogP contribution in [0.2, 0.25) is 5.02 Å². The number of hydrogen-bond donors (Lipinski definition) is 4. The molecule has 12 heteroatoms. The minimum atomic E-state index is -0.584. The van der Waals surface area contributed by atoms with Crippen molar-refractivity contribution >= 4 is 57.7 Å². The molecule has 2 fully saturated rings. The average molecular weight is 713 g/mol. The number of anilines is 1. The number of rotatable bonds is 8. The summed E-state index contributed by atoms with van der Waals surface area (Å²) in [6.07, 6.45) is 14.0. The van der Waals surface area contributed by atoms with Gasteiger partial charge in [0.1, 0.15) is 0 Å². The minimum absolute atomic E-state index is 0.103. The average Bonchev–Trinajstić information content (AvgIpc) is 3.85. The van der Waals surface area contributed by atoms with E-state index in [9.17, 15) is 24.0 Å². The normalized spacial score (nSPS) is 20.5. The lowest BCUT2D eigenvalue weighted by Gasteiger charge is -2.39. The van der Waals surface area contributed by atoms with E-state index in [0.717, 1.165) is 22.0 Å². The number of amides is 5. The summed E-state index contributed by atoms with van der Waals surface area (Å²) in [5.74, 6) is -1.90. The number of halogens is 1. The van der Waals surface area contributed by atoms with Crippen LogP contribution in [0.5, 0.6) is 0 Å². The number of hydrogen-bond acceptors (Lipinski definition) is 5. The van der Waals surface area contributed by atoms with Gasteiger partial charge in [0, 0.05) is 66.6 Å². The second-order valence-corrected chi connectivity index (χ2v) is 14.2. The van der Waals surface area contributed by atoms with Gasteiger partial charge in [-0.1, -0.05) is 54.8 Å². The predicted octanol–water partition coefficient (Wildman–Crippen LogP) is 4.63. The zero-order valence-corrected chi connectivity index (χ0v) is 29.9. The summed E-state index contributed by atoms with van der Waals surface area (Å²) in [5, 5.41) is 9.49. The summed E-state index contributed by atoms with van der Waals surface area (Å²) in [7, 11) is 1.50. The van der Waals surface area contributed by atoms with Crippen molar-refractivity contribution in [2.24, 2.45) is 17.8 Å². The number of benzene rings is 2. The summed E-state index contributed by atoms with van der Waals surface area (Å²) in [5.41, 5.74) is 5.28. The first kappa shape index (κ1) is 35.9. The number of nitrogens with one attached hydrogen (secondary N) is 4. The summed E-state index contributed by atoms with van der Waals surface area (Å²) in [4.78, 5) is 70.7. The van der Waals surface area contributed by atoms with E-state index in [2.05, 4.69) is 46.1 Å². The third kappa shape index (κ3) is 8.36. The number of likely N-dealkylation sites (N-methyl/N-ethyl adjacent to an activating group) is 1. The molecule has 7 rings (SSSR count). The molecule has 1 aromatic heterocycles. The van der Waals surface area contributed by atoms with Gasteiger partial charge in [-0.15, -0.1) is 0 Å². The fourth-order valence-electron chi connectivity index (χ4n) is 7.62. The van der Waals surface area contributed by atoms with Crippen LogP contribution in [0.15, 0.2) is 66.4 Å². The Labute approximate surface area is 302 Å². The highest BCUT2D eigenvalue weighted by Crippen LogP contribution is 2.37. The molecular formula is C39H45ClN6O5. The molecule has 2 aromatic carbocycles.